The molecule has 0 bridgehead atoms. The van der Waals surface area contributed by atoms with E-state index in [-0.39, 0.29) is 0 Å². The lowest BCUT2D eigenvalue weighted by molar-refractivity contribution is 0.0706. The average molecular weight is 247 g/mol. The van der Waals surface area contributed by atoms with E-state index in [4.69, 9.17) is 9.47 Å². The number of nitrogens with one attached hydrogen (secondary N) is 1. The minimum Gasteiger partial charge on any atom is -0.382 e. The van der Waals surface area contributed by atoms with Gasteiger partial charge in [-0.2, -0.15) is 11.8 Å². The average Bonchev–Trinajstić information content (AvgIpc) is 2.34. The minimum atomic E-state index is 0.692. The molecule has 0 heterocycles. The molecule has 16 heavy (non-hydrogen) atoms. The monoisotopic (exact) mass is 247 g/mol. The van der Waals surface area contributed by atoms with Crippen LogP contribution in [0.15, 0.2) is 0 Å². The van der Waals surface area contributed by atoms with Gasteiger partial charge in [0, 0.05) is 24.9 Å². The summed E-state index contributed by atoms with van der Waals surface area (Å²) in [5.74, 6) is 0. The van der Waals surface area contributed by atoms with Crippen molar-refractivity contribution in [2.45, 2.75) is 37.0 Å². The third-order valence-corrected chi connectivity index (χ3v) is 4.17. The van der Waals surface area contributed by atoms with Gasteiger partial charge in [-0.25, -0.2) is 0 Å². The van der Waals surface area contributed by atoms with Gasteiger partial charge in [-0.1, -0.05) is 6.42 Å². The summed E-state index contributed by atoms with van der Waals surface area (Å²) in [6.07, 6.45) is 7.63. The second kappa shape index (κ2) is 9.28. The first kappa shape index (κ1) is 14.3. The molecule has 0 radical (unpaired) electrons. The van der Waals surface area contributed by atoms with Crippen LogP contribution in [0, 0.1) is 0 Å². The highest BCUT2D eigenvalue weighted by atomic mass is 32.2. The molecule has 2 atom stereocenters. The Bertz CT molecular complexity index is 169. The zero-order valence-electron chi connectivity index (χ0n) is 10.5. The smallest absolute Gasteiger partial charge is 0.0700 e. The summed E-state index contributed by atoms with van der Waals surface area (Å²) in [7, 11) is 1.70. The van der Waals surface area contributed by atoms with Crippen LogP contribution in [0.5, 0.6) is 0 Å². The van der Waals surface area contributed by atoms with Crippen molar-refractivity contribution in [3.63, 3.8) is 0 Å². The molecule has 1 saturated carbocycles. The lowest BCUT2D eigenvalue weighted by Crippen LogP contribution is -2.37. The van der Waals surface area contributed by atoms with Gasteiger partial charge in [0.25, 0.3) is 0 Å². The van der Waals surface area contributed by atoms with E-state index in [9.17, 15) is 0 Å². The van der Waals surface area contributed by atoms with Gasteiger partial charge in [0.1, 0.15) is 0 Å². The number of methoxy groups -OCH3 is 1. The first-order valence-corrected chi connectivity index (χ1v) is 7.48. The van der Waals surface area contributed by atoms with Crippen molar-refractivity contribution in [1.29, 1.82) is 0 Å². The summed E-state index contributed by atoms with van der Waals surface area (Å²) in [5, 5.41) is 4.45. The maximum Gasteiger partial charge on any atom is 0.0700 e. The van der Waals surface area contributed by atoms with Crippen LogP contribution in [0.2, 0.25) is 0 Å². The van der Waals surface area contributed by atoms with Gasteiger partial charge < -0.3 is 14.8 Å². The van der Waals surface area contributed by atoms with E-state index < -0.39 is 0 Å². The normalized spacial score (nSPS) is 25.9. The van der Waals surface area contributed by atoms with Gasteiger partial charge in [-0.15, -0.1) is 0 Å². The van der Waals surface area contributed by atoms with Crippen LogP contribution in [0.3, 0.4) is 0 Å². The van der Waals surface area contributed by atoms with E-state index in [1.54, 1.807) is 7.11 Å². The fraction of sp³-hybridized carbons (Fsp3) is 1.00. The SMILES string of the molecule is COCCOCCNC1CCCC(SC)C1. The molecule has 0 aromatic heterocycles. The summed E-state index contributed by atoms with van der Waals surface area (Å²) >= 11 is 2.01. The van der Waals surface area contributed by atoms with Gasteiger partial charge in [-0.3, -0.25) is 0 Å². The van der Waals surface area contributed by atoms with Crippen LogP contribution < -0.4 is 5.32 Å². The van der Waals surface area contributed by atoms with E-state index >= 15 is 0 Å². The van der Waals surface area contributed by atoms with E-state index in [0.717, 1.165) is 18.4 Å². The Morgan fingerprint density at radius 1 is 1.25 bits per heavy atom. The van der Waals surface area contributed by atoms with Gasteiger partial charge in [-0.05, 0) is 25.5 Å². The first-order valence-electron chi connectivity index (χ1n) is 6.19. The van der Waals surface area contributed by atoms with Crippen LogP contribution in [-0.2, 0) is 9.47 Å². The molecule has 0 spiro atoms. The van der Waals surface area contributed by atoms with Gasteiger partial charge in [0.15, 0.2) is 0 Å². The Morgan fingerprint density at radius 2 is 2.12 bits per heavy atom. The summed E-state index contributed by atoms with van der Waals surface area (Å²) in [6, 6.07) is 0.706. The van der Waals surface area contributed by atoms with Crippen molar-refractivity contribution < 1.29 is 9.47 Å². The number of hydrogen-bond acceptors (Lipinski definition) is 4. The fourth-order valence-electron chi connectivity index (χ4n) is 2.12. The number of ether oxygens (including phenoxy) is 2. The predicted molar refractivity (Wildman–Crippen MR) is 70.3 cm³/mol. The zero-order valence-corrected chi connectivity index (χ0v) is 11.4. The minimum absolute atomic E-state index is 0.692. The van der Waals surface area contributed by atoms with E-state index in [1.807, 2.05) is 11.8 Å². The molecular weight excluding hydrogens is 222 g/mol. The van der Waals surface area contributed by atoms with Gasteiger partial charge in [0.2, 0.25) is 0 Å². The highest BCUT2D eigenvalue weighted by molar-refractivity contribution is 7.99. The van der Waals surface area contributed by atoms with E-state index in [2.05, 4.69) is 11.6 Å². The molecule has 1 rings (SSSR count). The second-order valence-corrected chi connectivity index (χ2v) is 5.42. The van der Waals surface area contributed by atoms with E-state index in [0.29, 0.717) is 19.3 Å². The van der Waals surface area contributed by atoms with E-state index in [1.165, 1.54) is 25.7 Å². The molecule has 4 heteroatoms. The molecule has 2 unspecified atom stereocenters. The molecule has 0 aromatic carbocycles. The topological polar surface area (TPSA) is 30.5 Å². The van der Waals surface area contributed by atoms with Gasteiger partial charge >= 0.3 is 0 Å². The Morgan fingerprint density at radius 3 is 2.88 bits per heavy atom. The molecule has 1 aliphatic carbocycles. The van der Waals surface area contributed by atoms with Crippen LogP contribution in [-0.4, -0.2) is 51.0 Å². The van der Waals surface area contributed by atoms with Crippen molar-refractivity contribution >= 4 is 11.8 Å². The maximum atomic E-state index is 5.43. The molecule has 0 aliphatic heterocycles. The number of thioether (sulfide) groups is 1. The highest BCUT2D eigenvalue weighted by Gasteiger charge is 2.20. The third kappa shape index (κ3) is 6.09. The largest absolute Gasteiger partial charge is 0.382 e. The molecular formula is C12H25NO2S. The quantitative estimate of drug-likeness (QED) is 0.664. The molecule has 1 aliphatic rings. The molecule has 0 aromatic rings. The zero-order chi connectivity index (χ0) is 11.6. The Hall–Kier alpha value is 0.230. The number of hydrogen-bond donors (Lipinski definition) is 1. The predicted octanol–water partition coefficient (Wildman–Crippen LogP) is 1.91. The Kier molecular flexibility index (Phi) is 8.29. The summed E-state index contributed by atoms with van der Waals surface area (Å²) < 4.78 is 10.3. The lowest BCUT2D eigenvalue weighted by Gasteiger charge is -2.28. The van der Waals surface area contributed by atoms with Crippen molar-refractivity contribution in [2.75, 3.05) is 39.7 Å². The summed E-state index contributed by atoms with van der Waals surface area (Å²) in [4.78, 5) is 0. The molecule has 0 amide bonds. The van der Waals surface area contributed by atoms with Crippen LogP contribution in [0.1, 0.15) is 25.7 Å². The molecule has 0 saturated heterocycles. The molecule has 96 valence electrons. The van der Waals surface area contributed by atoms with Crippen LogP contribution >= 0.6 is 11.8 Å². The lowest BCUT2D eigenvalue weighted by atomic mass is 9.95. The standard InChI is InChI=1S/C12H25NO2S/c1-14-8-9-15-7-6-13-11-4-3-5-12(10-11)16-2/h11-13H,3-10H2,1-2H3. The van der Waals surface area contributed by atoms with Crippen molar-refractivity contribution in [3.8, 4) is 0 Å². The maximum absolute atomic E-state index is 5.43. The molecule has 3 nitrogen and oxygen atoms in total. The van der Waals surface area contributed by atoms with Crippen LogP contribution in [0.25, 0.3) is 0 Å². The fourth-order valence-corrected chi connectivity index (χ4v) is 2.95. The van der Waals surface area contributed by atoms with Crippen LogP contribution in [0.4, 0.5) is 0 Å². The summed E-state index contributed by atoms with van der Waals surface area (Å²) in [6.45, 7) is 3.16. The van der Waals surface area contributed by atoms with Gasteiger partial charge in [0.05, 0.1) is 19.8 Å². The molecule has 1 N–H and O–H groups in total. The first-order chi connectivity index (χ1) is 7.86. The van der Waals surface area contributed by atoms with Crippen molar-refractivity contribution in [3.05, 3.63) is 0 Å². The Balaban J connectivity index is 1.95. The third-order valence-electron chi connectivity index (χ3n) is 3.07. The van der Waals surface area contributed by atoms with Crippen molar-refractivity contribution in [2.24, 2.45) is 0 Å². The van der Waals surface area contributed by atoms with Crippen molar-refractivity contribution in [1.82, 2.24) is 5.32 Å². The Labute approximate surface area is 104 Å². The highest BCUT2D eigenvalue weighted by Crippen LogP contribution is 2.26. The second-order valence-electron chi connectivity index (χ2n) is 4.28. The molecule has 1 fully saturated rings. The number of rotatable bonds is 8. The summed E-state index contributed by atoms with van der Waals surface area (Å²) in [5.41, 5.74) is 0.